The van der Waals surface area contributed by atoms with Gasteiger partial charge < -0.3 is 10.2 Å². The molecule has 0 bridgehead atoms. The molecule has 4 nitrogen and oxygen atoms in total. The van der Waals surface area contributed by atoms with Crippen molar-refractivity contribution in [1.82, 2.24) is 5.32 Å². The molecule has 4 rings (SSSR count). The van der Waals surface area contributed by atoms with Crippen molar-refractivity contribution in [2.24, 2.45) is 0 Å². The van der Waals surface area contributed by atoms with E-state index in [1.807, 2.05) is 84.9 Å². The lowest BCUT2D eigenvalue weighted by Crippen LogP contribution is -2.29. The number of nitrogens with one attached hydrogen (secondary N) is 1. The van der Waals surface area contributed by atoms with Crippen molar-refractivity contribution >= 4 is 34.4 Å². The number of rotatable bonds is 6. The highest BCUT2D eigenvalue weighted by Crippen LogP contribution is 2.22. The molecule has 0 atom stereocenters. The van der Waals surface area contributed by atoms with E-state index in [1.165, 1.54) is 4.90 Å². The third-order valence-electron chi connectivity index (χ3n) is 5.37. The van der Waals surface area contributed by atoms with Crippen LogP contribution in [0.4, 0.5) is 5.69 Å². The molecular weight excluding hydrogens is 396 g/mol. The van der Waals surface area contributed by atoms with E-state index in [0.717, 1.165) is 21.9 Å². The predicted molar refractivity (Wildman–Crippen MR) is 130 cm³/mol. The van der Waals surface area contributed by atoms with E-state index >= 15 is 0 Å². The first kappa shape index (κ1) is 21.1. The van der Waals surface area contributed by atoms with E-state index in [-0.39, 0.29) is 11.8 Å². The molecule has 1 N–H and O–H groups in total. The first-order valence-corrected chi connectivity index (χ1v) is 10.5. The molecule has 0 radical (unpaired) electrons. The minimum absolute atomic E-state index is 0.207. The Bertz CT molecular complexity index is 1270. The molecule has 4 aromatic rings. The number of fused-ring (bicyclic) bond motifs is 1. The Morgan fingerprint density at radius 1 is 0.812 bits per heavy atom. The Morgan fingerprint density at radius 3 is 2.34 bits per heavy atom. The molecule has 4 aromatic carbocycles. The number of likely N-dealkylation sites (N-methyl/N-ethyl adjacent to an activating group) is 1. The van der Waals surface area contributed by atoms with Crippen molar-refractivity contribution in [3.63, 3.8) is 0 Å². The molecule has 158 valence electrons. The normalized spacial score (nSPS) is 10.9. The lowest BCUT2D eigenvalue weighted by Gasteiger charge is -2.19. The van der Waals surface area contributed by atoms with Gasteiger partial charge in [-0.05, 0) is 40.1 Å². The second kappa shape index (κ2) is 9.75. The van der Waals surface area contributed by atoms with Crippen LogP contribution in [0.15, 0.2) is 103 Å². The van der Waals surface area contributed by atoms with E-state index in [2.05, 4.69) is 5.32 Å². The summed E-state index contributed by atoms with van der Waals surface area (Å²) in [6.45, 7) is 0.423. The molecule has 0 aromatic heterocycles. The zero-order valence-corrected chi connectivity index (χ0v) is 17.9. The molecule has 0 spiro atoms. The van der Waals surface area contributed by atoms with Gasteiger partial charge in [0.05, 0.1) is 11.3 Å². The number of carbonyl (C=O) groups is 2. The van der Waals surface area contributed by atoms with Crippen LogP contribution in [0.1, 0.15) is 21.5 Å². The molecule has 4 heteroatoms. The maximum absolute atomic E-state index is 12.9. The Labute approximate surface area is 187 Å². The van der Waals surface area contributed by atoms with Gasteiger partial charge in [0, 0.05) is 19.7 Å². The maximum Gasteiger partial charge on any atom is 0.253 e. The highest BCUT2D eigenvalue weighted by molar-refractivity contribution is 6.09. The van der Waals surface area contributed by atoms with Gasteiger partial charge in [-0.2, -0.15) is 0 Å². The Morgan fingerprint density at radius 2 is 1.50 bits per heavy atom. The van der Waals surface area contributed by atoms with Gasteiger partial charge in [0.25, 0.3) is 11.8 Å². The number of benzene rings is 4. The van der Waals surface area contributed by atoms with Crippen molar-refractivity contribution in [2.75, 3.05) is 11.9 Å². The predicted octanol–water partition coefficient (Wildman–Crippen LogP) is 5.45. The summed E-state index contributed by atoms with van der Waals surface area (Å²) in [5.74, 6) is -0.427. The van der Waals surface area contributed by atoms with Gasteiger partial charge in [-0.1, -0.05) is 84.9 Å². The van der Waals surface area contributed by atoms with Crippen LogP contribution in [0.2, 0.25) is 0 Å². The fraction of sp³-hybridized carbons (Fsp3) is 0.0714. The molecule has 2 amide bonds. The largest absolute Gasteiger partial charge is 0.348 e. The first-order valence-electron chi connectivity index (χ1n) is 10.5. The quantitative estimate of drug-likeness (QED) is 0.422. The van der Waals surface area contributed by atoms with E-state index in [1.54, 1.807) is 31.3 Å². The average molecular weight is 421 g/mol. The van der Waals surface area contributed by atoms with Crippen molar-refractivity contribution < 1.29 is 9.59 Å². The molecule has 0 aliphatic rings. The highest BCUT2D eigenvalue weighted by atomic mass is 16.2. The fourth-order valence-corrected chi connectivity index (χ4v) is 3.62. The molecule has 0 saturated carbocycles. The standard InChI is InChI=1S/C28H24N2O2/c1-30(27(31)19-18-23-14-9-13-22-12-5-6-15-24(22)23)26-17-8-7-16-25(26)28(32)29-20-21-10-3-2-4-11-21/h2-19H,20H2,1H3,(H,29,32). The summed E-state index contributed by atoms with van der Waals surface area (Å²) in [6, 6.07) is 30.9. The van der Waals surface area contributed by atoms with E-state index < -0.39 is 0 Å². The van der Waals surface area contributed by atoms with Crippen LogP contribution in [0, 0.1) is 0 Å². The van der Waals surface area contributed by atoms with Crippen LogP contribution >= 0.6 is 0 Å². The van der Waals surface area contributed by atoms with Crippen LogP contribution in [0.3, 0.4) is 0 Å². The Hall–Kier alpha value is -4.18. The number of nitrogens with zero attached hydrogens (tertiary/aromatic N) is 1. The van der Waals surface area contributed by atoms with Gasteiger partial charge in [0.2, 0.25) is 0 Å². The van der Waals surface area contributed by atoms with Gasteiger partial charge >= 0.3 is 0 Å². The van der Waals surface area contributed by atoms with Crippen LogP contribution in [-0.2, 0) is 11.3 Å². The SMILES string of the molecule is CN(C(=O)C=Cc1cccc2ccccc12)c1ccccc1C(=O)NCc1ccccc1. The molecule has 32 heavy (non-hydrogen) atoms. The van der Waals surface area contributed by atoms with Crippen molar-refractivity contribution in [1.29, 1.82) is 0 Å². The van der Waals surface area contributed by atoms with E-state index in [4.69, 9.17) is 0 Å². The smallest absolute Gasteiger partial charge is 0.253 e. The van der Waals surface area contributed by atoms with Crippen molar-refractivity contribution in [3.8, 4) is 0 Å². The topological polar surface area (TPSA) is 49.4 Å². The van der Waals surface area contributed by atoms with Gasteiger partial charge in [-0.15, -0.1) is 0 Å². The van der Waals surface area contributed by atoms with Crippen LogP contribution in [0.5, 0.6) is 0 Å². The lowest BCUT2D eigenvalue weighted by atomic mass is 10.0. The zero-order chi connectivity index (χ0) is 22.3. The number of anilines is 1. The summed E-state index contributed by atoms with van der Waals surface area (Å²) >= 11 is 0. The Kier molecular flexibility index (Phi) is 6.42. The number of hydrogen-bond donors (Lipinski definition) is 1. The highest BCUT2D eigenvalue weighted by Gasteiger charge is 2.17. The lowest BCUT2D eigenvalue weighted by molar-refractivity contribution is -0.113. The van der Waals surface area contributed by atoms with Gasteiger partial charge in [-0.25, -0.2) is 0 Å². The summed E-state index contributed by atoms with van der Waals surface area (Å²) in [7, 11) is 1.68. The molecule has 0 unspecified atom stereocenters. The number of carbonyl (C=O) groups excluding carboxylic acids is 2. The second-order valence-electron chi connectivity index (χ2n) is 7.48. The number of amides is 2. The third-order valence-corrected chi connectivity index (χ3v) is 5.37. The van der Waals surface area contributed by atoms with Gasteiger partial charge in [0.1, 0.15) is 0 Å². The summed E-state index contributed by atoms with van der Waals surface area (Å²) in [5.41, 5.74) is 3.00. The minimum atomic E-state index is -0.220. The van der Waals surface area contributed by atoms with Crippen molar-refractivity contribution in [2.45, 2.75) is 6.54 Å². The summed E-state index contributed by atoms with van der Waals surface area (Å²) in [6.07, 6.45) is 3.36. The zero-order valence-electron chi connectivity index (χ0n) is 17.9. The minimum Gasteiger partial charge on any atom is -0.348 e. The molecule has 0 saturated heterocycles. The Balaban J connectivity index is 1.51. The molecule has 0 aliphatic heterocycles. The molecule has 0 fully saturated rings. The monoisotopic (exact) mass is 420 g/mol. The molecular formula is C28H24N2O2. The summed E-state index contributed by atoms with van der Waals surface area (Å²) in [5, 5.41) is 5.14. The van der Waals surface area contributed by atoms with E-state index in [0.29, 0.717) is 17.8 Å². The third kappa shape index (κ3) is 4.76. The van der Waals surface area contributed by atoms with Crippen LogP contribution < -0.4 is 10.2 Å². The fourth-order valence-electron chi connectivity index (χ4n) is 3.62. The summed E-state index contributed by atoms with van der Waals surface area (Å²) < 4.78 is 0. The molecule has 0 heterocycles. The average Bonchev–Trinajstić information content (AvgIpc) is 2.86. The summed E-state index contributed by atoms with van der Waals surface area (Å²) in [4.78, 5) is 27.2. The first-order chi connectivity index (χ1) is 15.6. The second-order valence-corrected chi connectivity index (χ2v) is 7.48. The molecule has 0 aliphatic carbocycles. The van der Waals surface area contributed by atoms with Crippen molar-refractivity contribution in [3.05, 3.63) is 120 Å². The van der Waals surface area contributed by atoms with Crippen LogP contribution in [0.25, 0.3) is 16.8 Å². The number of para-hydroxylation sites is 1. The van der Waals surface area contributed by atoms with Gasteiger partial charge in [-0.3, -0.25) is 9.59 Å². The van der Waals surface area contributed by atoms with Crippen LogP contribution in [-0.4, -0.2) is 18.9 Å². The van der Waals surface area contributed by atoms with E-state index in [9.17, 15) is 9.59 Å². The maximum atomic E-state index is 12.9. The van der Waals surface area contributed by atoms with Gasteiger partial charge in [0.15, 0.2) is 0 Å². The number of hydrogen-bond acceptors (Lipinski definition) is 2.